The molecule has 0 saturated carbocycles. The topological polar surface area (TPSA) is 63.9 Å². The summed E-state index contributed by atoms with van der Waals surface area (Å²) < 4.78 is 1.56. The van der Waals surface area contributed by atoms with Crippen LogP contribution in [0.3, 0.4) is 0 Å². The Kier molecular flexibility index (Phi) is 3.97. The van der Waals surface area contributed by atoms with Crippen LogP contribution in [0.25, 0.3) is 11.3 Å². The molecule has 1 aliphatic rings. The lowest BCUT2D eigenvalue weighted by atomic mass is 10.1. The summed E-state index contributed by atoms with van der Waals surface area (Å²) in [6.45, 7) is 3.27. The summed E-state index contributed by atoms with van der Waals surface area (Å²) in [6, 6.07) is 12.7. The average Bonchev–Trinajstić information content (AvgIpc) is 2.56. The summed E-state index contributed by atoms with van der Waals surface area (Å²) >= 11 is 5.93. The first-order valence-corrected chi connectivity index (χ1v) is 8.38. The van der Waals surface area contributed by atoms with Crippen LogP contribution in [0.5, 0.6) is 0 Å². The van der Waals surface area contributed by atoms with Gasteiger partial charge >= 0.3 is 0 Å². The Bertz CT molecular complexity index is 964. The largest absolute Gasteiger partial charge is 0.352 e. The van der Waals surface area contributed by atoms with Gasteiger partial charge in [-0.15, -0.1) is 0 Å². The second-order valence-electron chi connectivity index (χ2n) is 6.03. The highest BCUT2D eigenvalue weighted by atomic mass is 35.5. The van der Waals surface area contributed by atoms with E-state index in [0.29, 0.717) is 18.1 Å². The fourth-order valence-electron chi connectivity index (χ4n) is 2.88. The van der Waals surface area contributed by atoms with Crippen molar-refractivity contribution in [1.82, 2.24) is 19.7 Å². The van der Waals surface area contributed by atoms with E-state index in [0.717, 1.165) is 22.9 Å². The molecule has 4 rings (SSSR count). The Hall–Kier alpha value is -2.73. The molecule has 7 heteroatoms. The monoisotopic (exact) mass is 353 g/mol. The Morgan fingerprint density at radius 1 is 1.08 bits per heavy atom. The van der Waals surface area contributed by atoms with E-state index >= 15 is 0 Å². The normalized spacial score (nSPS) is 14.4. The maximum atomic E-state index is 12.2. The van der Waals surface area contributed by atoms with Crippen LogP contribution < -0.4 is 10.5 Å². The Balaban J connectivity index is 1.56. The zero-order chi connectivity index (χ0) is 17.4. The molecule has 3 aromatic rings. The number of anilines is 1. The summed E-state index contributed by atoms with van der Waals surface area (Å²) in [5.41, 5.74) is 1.59. The van der Waals surface area contributed by atoms with Gasteiger partial charge in [-0.3, -0.25) is 4.79 Å². The number of nitrogens with zero attached hydrogens (tertiary/aromatic N) is 5. The van der Waals surface area contributed by atoms with E-state index in [2.05, 4.69) is 20.0 Å². The zero-order valence-corrected chi connectivity index (χ0v) is 14.4. The molecule has 6 nitrogen and oxygen atoms in total. The zero-order valence-electron chi connectivity index (χ0n) is 13.6. The van der Waals surface area contributed by atoms with Crippen molar-refractivity contribution in [3.05, 3.63) is 69.9 Å². The minimum Gasteiger partial charge on any atom is -0.352 e. The van der Waals surface area contributed by atoms with Crippen molar-refractivity contribution in [3.63, 3.8) is 0 Å². The molecule has 126 valence electrons. The molecule has 0 atom stereocenters. The first kappa shape index (κ1) is 15.8. The SMILES string of the molecule is Cc1nccc(N2CC(n3nc(-c4ccc(Cl)cc4)ccc3=O)C2)n1. The van der Waals surface area contributed by atoms with Gasteiger partial charge in [0.15, 0.2) is 0 Å². The highest BCUT2D eigenvalue weighted by molar-refractivity contribution is 6.30. The summed E-state index contributed by atoms with van der Waals surface area (Å²) in [4.78, 5) is 22.9. The minimum absolute atomic E-state index is 0.0371. The first-order valence-electron chi connectivity index (χ1n) is 8.00. The van der Waals surface area contributed by atoms with Crippen molar-refractivity contribution in [2.24, 2.45) is 0 Å². The van der Waals surface area contributed by atoms with E-state index in [9.17, 15) is 4.79 Å². The molecular formula is C18H16ClN5O. The summed E-state index contributed by atoms with van der Waals surface area (Å²) in [6.07, 6.45) is 1.75. The Morgan fingerprint density at radius 3 is 2.56 bits per heavy atom. The van der Waals surface area contributed by atoms with E-state index in [1.165, 1.54) is 0 Å². The third-order valence-corrected chi connectivity index (χ3v) is 4.51. The van der Waals surface area contributed by atoms with Gasteiger partial charge in [0.2, 0.25) is 0 Å². The van der Waals surface area contributed by atoms with Crippen LogP contribution in [0.15, 0.2) is 53.5 Å². The Morgan fingerprint density at radius 2 is 1.84 bits per heavy atom. The lowest BCUT2D eigenvalue weighted by Gasteiger charge is -2.40. The number of hydrogen-bond donors (Lipinski definition) is 0. The molecular weight excluding hydrogens is 338 g/mol. The molecule has 0 unspecified atom stereocenters. The third kappa shape index (κ3) is 3.13. The minimum atomic E-state index is -0.0961. The maximum Gasteiger partial charge on any atom is 0.267 e. The molecule has 0 bridgehead atoms. The molecule has 1 aliphatic heterocycles. The smallest absolute Gasteiger partial charge is 0.267 e. The molecule has 0 amide bonds. The van der Waals surface area contributed by atoms with Crippen molar-refractivity contribution in [2.45, 2.75) is 13.0 Å². The van der Waals surface area contributed by atoms with E-state index in [-0.39, 0.29) is 11.6 Å². The van der Waals surface area contributed by atoms with Crippen LogP contribution in [-0.2, 0) is 0 Å². The van der Waals surface area contributed by atoms with Crippen molar-refractivity contribution in [2.75, 3.05) is 18.0 Å². The van der Waals surface area contributed by atoms with Crippen LogP contribution in [0.4, 0.5) is 5.82 Å². The van der Waals surface area contributed by atoms with Gasteiger partial charge < -0.3 is 4.90 Å². The second-order valence-corrected chi connectivity index (χ2v) is 6.47. The van der Waals surface area contributed by atoms with Gasteiger partial charge in [-0.25, -0.2) is 14.6 Å². The molecule has 0 aliphatic carbocycles. The predicted octanol–water partition coefficient (Wildman–Crippen LogP) is 2.72. The van der Waals surface area contributed by atoms with Gasteiger partial charge in [0.1, 0.15) is 11.6 Å². The number of halogens is 1. The fraction of sp³-hybridized carbons (Fsp3) is 0.222. The van der Waals surface area contributed by atoms with E-state index in [1.54, 1.807) is 23.0 Å². The van der Waals surface area contributed by atoms with Gasteiger partial charge in [-0.1, -0.05) is 23.7 Å². The number of rotatable bonds is 3. The molecule has 1 saturated heterocycles. The number of aryl methyl sites for hydroxylation is 1. The van der Waals surface area contributed by atoms with Gasteiger partial charge in [0.05, 0.1) is 11.7 Å². The number of hydrogen-bond acceptors (Lipinski definition) is 5. The summed E-state index contributed by atoms with van der Waals surface area (Å²) in [7, 11) is 0. The van der Waals surface area contributed by atoms with Crippen molar-refractivity contribution in [1.29, 1.82) is 0 Å². The molecule has 0 spiro atoms. The standard InChI is InChI=1S/C18H16ClN5O/c1-12-20-9-8-17(21-12)23-10-15(11-23)24-18(25)7-6-16(22-24)13-2-4-14(19)5-3-13/h2-9,15H,10-11H2,1H3. The molecule has 2 aromatic heterocycles. The van der Waals surface area contributed by atoms with Gasteiger partial charge in [-0.05, 0) is 31.2 Å². The van der Waals surface area contributed by atoms with Crippen LogP contribution in [-0.4, -0.2) is 32.8 Å². The molecule has 0 N–H and O–H groups in total. The van der Waals surface area contributed by atoms with Crippen LogP contribution in [0, 0.1) is 6.92 Å². The maximum absolute atomic E-state index is 12.2. The molecule has 3 heterocycles. The van der Waals surface area contributed by atoms with Crippen LogP contribution in [0.1, 0.15) is 11.9 Å². The lowest BCUT2D eigenvalue weighted by molar-refractivity contribution is 0.352. The van der Waals surface area contributed by atoms with Gasteiger partial charge in [-0.2, -0.15) is 5.10 Å². The average molecular weight is 354 g/mol. The van der Waals surface area contributed by atoms with E-state index in [4.69, 9.17) is 11.6 Å². The predicted molar refractivity (Wildman–Crippen MR) is 97.0 cm³/mol. The highest BCUT2D eigenvalue weighted by Crippen LogP contribution is 2.25. The number of benzene rings is 1. The van der Waals surface area contributed by atoms with Crippen LogP contribution in [0.2, 0.25) is 5.02 Å². The number of aromatic nitrogens is 4. The van der Waals surface area contributed by atoms with Crippen molar-refractivity contribution in [3.8, 4) is 11.3 Å². The summed E-state index contributed by atoms with van der Waals surface area (Å²) in [5.74, 6) is 1.62. The van der Waals surface area contributed by atoms with Gasteiger partial charge in [0.25, 0.3) is 5.56 Å². The fourth-order valence-corrected chi connectivity index (χ4v) is 3.00. The quantitative estimate of drug-likeness (QED) is 0.724. The highest BCUT2D eigenvalue weighted by Gasteiger charge is 2.31. The van der Waals surface area contributed by atoms with E-state index < -0.39 is 0 Å². The Labute approximate surface area is 149 Å². The molecule has 1 fully saturated rings. The summed E-state index contributed by atoms with van der Waals surface area (Å²) in [5, 5.41) is 5.21. The molecule has 1 aromatic carbocycles. The van der Waals surface area contributed by atoms with E-state index in [1.807, 2.05) is 37.3 Å². The van der Waals surface area contributed by atoms with Crippen molar-refractivity contribution < 1.29 is 0 Å². The van der Waals surface area contributed by atoms with Crippen molar-refractivity contribution >= 4 is 17.4 Å². The molecule has 25 heavy (non-hydrogen) atoms. The lowest BCUT2D eigenvalue weighted by Crippen LogP contribution is -2.51. The first-order chi connectivity index (χ1) is 12.1. The van der Waals surface area contributed by atoms with Gasteiger partial charge in [0, 0.05) is 35.9 Å². The van der Waals surface area contributed by atoms with Crippen LogP contribution >= 0.6 is 11.6 Å². The third-order valence-electron chi connectivity index (χ3n) is 4.26. The second kappa shape index (κ2) is 6.29. The molecule has 0 radical (unpaired) electrons.